The molecule has 118 valence electrons. The topological polar surface area (TPSA) is 35.5 Å². The van der Waals surface area contributed by atoms with Crippen LogP contribution in [-0.4, -0.2) is 0 Å². The summed E-state index contributed by atoms with van der Waals surface area (Å²) in [5.74, 6) is 0. The summed E-state index contributed by atoms with van der Waals surface area (Å²) >= 11 is 0. The highest BCUT2D eigenvalue weighted by molar-refractivity contribution is 7.33. The maximum atomic E-state index is 11.9. The maximum Gasteiger partial charge on any atom is 0.319 e. The third-order valence-electron chi connectivity index (χ3n) is 4.12. The molecule has 0 amide bonds. The van der Waals surface area contributed by atoms with E-state index >= 15 is 0 Å². The first kappa shape index (κ1) is 17.0. The van der Waals surface area contributed by atoms with Gasteiger partial charge in [-0.1, -0.05) is 36.4 Å². The van der Waals surface area contributed by atoms with E-state index in [1.54, 1.807) is 0 Å². The van der Waals surface area contributed by atoms with Crippen LogP contribution in [0.15, 0.2) is 36.4 Å². The number of rotatable bonds is 6. The molecule has 0 saturated carbocycles. The van der Waals surface area contributed by atoms with Crippen molar-refractivity contribution in [1.29, 1.82) is 0 Å². The fourth-order valence-corrected chi connectivity index (χ4v) is 2.88. The lowest BCUT2D eigenvalue weighted by atomic mass is 10.0. The lowest BCUT2D eigenvalue weighted by molar-refractivity contribution is 0.212. The minimum atomic E-state index is -2.49. The summed E-state index contributed by atoms with van der Waals surface area (Å²) in [6.07, 6.45) is 0. The van der Waals surface area contributed by atoms with E-state index in [2.05, 4.69) is 26.0 Å². The average molecular weight is 318 g/mol. The molecule has 22 heavy (non-hydrogen) atoms. The standard InChI is InChI=1S/C18H23O3P/c1-13-7-5-9-17(15(13)3)11-20-22(19)21-12-18-10-6-8-14(2)16(18)4/h5-10,22H,11-12H2,1-4H3. The molecule has 0 saturated heterocycles. The van der Waals surface area contributed by atoms with Crippen LogP contribution in [0.3, 0.4) is 0 Å². The molecule has 0 heterocycles. The normalized spacial score (nSPS) is 11.1. The minimum Gasteiger partial charge on any atom is -0.306 e. The Hall–Kier alpha value is -1.41. The highest BCUT2D eigenvalue weighted by Gasteiger charge is 2.07. The quantitative estimate of drug-likeness (QED) is 0.700. The number of hydrogen-bond donors (Lipinski definition) is 0. The zero-order valence-electron chi connectivity index (χ0n) is 13.6. The largest absolute Gasteiger partial charge is 0.319 e. The van der Waals surface area contributed by atoms with Crippen LogP contribution in [0.1, 0.15) is 33.4 Å². The molecule has 2 aromatic rings. The second-order valence-corrected chi connectivity index (χ2v) is 6.62. The van der Waals surface area contributed by atoms with E-state index in [0.29, 0.717) is 13.2 Å². The van der Waals surface area contributed by atoms with Crippen LogP contribution in [0, 0.1) is 27.7 Å². The molecular weight excluding hydrogens is 295 g/mol. The Morgan fingerprint density at radius 1 is 0.773 bits per heavy atom. The Labute approximate surface area is 133 Å². The van der Waals surface area contributed by atoms with Gasteiger partial charge in [0.2, 0.25) is 0 Å². The van der Waals surface area contributed by atoms with Crippen molar-refractivity contribution in [2.24, 2.45) is 0 Å². The molecule has 0 unspecified atom stereocenters. The number of hydrogen-bond acceptors (Lipinski definition) is 3. The highest BCUT2D eigenvalue weighted by Crippen LogP contribution is 2.29. The molecule has 4 heteroatoms. The van der Waals surface area contributed by atoms with E-state index < -0.39 is 8.25 Å². The lowest BCUT2D eigenvalue weighted by Crippen LogP contribution is -1.95. The lowest BCUT2D eigenvalue weighted by Gasteiger charge is -2.11. The summed E-state index contributed by atoms with van der Waals surface area (Å²) in [4.78, 5) is 0. The number of benzene rings is 2. The second-order valence-electron chi connectivity index (χ2n) is 5.55. The SMILES string of the molecule is Cc1cccc(CO[PH](=O)OCc2cccc(C)c2C)c1C. The van der Waals surface area contributed by atoms with Crippen molar-refractivity contribution in [3.8, 4) is 0 Å². The first-order chi connectivity index (χ1) is 10.5. The zero-order chi connectivity index (χ0) is 16.1. The van der Waals surface area contributed by atoms with Crippen LogP contribution in [0.2, 0.25) is 0 Å². The van der Waals surface area contributed by atoms with Gasteiger partial charge in [0.25, 0.3) is 0 Å². The molecule has 0 radical (unpaired) electrons. The summed E-state index contributed by atoms with van der Waals surface area (Å²) in [5, 5.41) is 0. The molecule has 0 fully saturated rings. The van der Waals surface area contributed by atoms with Gasteiger partial charge in [-0.15, -0.1) is 0 Å². The van der Waals surface area contributed by atoms with E-state index in [1.807, 2.05) is 38.1 Å². The molecule has 0 spiro atoms. The van der Waals surface area contributed by atoms with Gasteiger partial charge in [0, 0.05) is 0 Å². The maximum absolute atomic E-state index is 11.9. The third kappa shape index (κ3) is 4.30. The van der Waals surface area contributed by atoms with E-state index in [9.17, 15) is 4.57 Å². The van der Waals surface area contributed by atoms with Gasteiger partial charge >= 0.3 is 8.25 Å². The van der Waals surface area contributed by atoms with Gasteiger partial charge in [0.1, 0.15) is 0 Å². The summed E-state index contributed by atoms with van der Waals surface area (Å²) in [5.41, 5.74) is 6.86. The van der Waals surface area contributed by atoms with Crippen molar-refractivity contribution in [3.05, 3.63) is 69.8 Å². The molecule has 0 aliphatic carbocycles. The fraction of sp³-hybridized carbons (Fsp3) is 0.333. The monoisotopic (exact) mass is 318 g/mol. The van der Waals surface area contributed by atoms with Crippen LogP contribution in [0.25, 0.3) is 0 Å². The molecule has 3 nitrogen and oxygen atoms in total. The van der Waals surface area contributed by atoms with Gasteiger partial charge in [-0.25, -0.2) is 0 Å². The Morgan fingerprint density at radius 3 is 1.59 bits per heavy atom. The highest BCUT2D eigenvalue weighted by atomic mass is 31.1. The van der Waals surface area contributed by atoms with Crippen LogP contribution >= 0.6 is 8.25 Å². The molecule has 2 rings (SSSR count). The third-order valence-corrected chi connectivity index (χ3v) is 4.88. The molecular formula is C18H23O3P. The smallest absolute Gasteiger partial charge is 0.306 e. The van der Waals surface area contributed by atoms with E-state index in [-0.39, 0.29) is 0 Å². The van der Waals surface area contributed by atoms with Crippen molar-refractivity contribution < 1.29 is 13.6 Å². The Kier molecular flexibility index (Phi) is 5.96. The average Bonchev–Trinajstić information content (AvgIpc) is 2.50. The first-order valence-electron chi connectivity index (χ1n) is 7.38. The van der Waals surface area contributed by atoms with Crippen LogP contribution in [0.4, 0.5) is 0 Å². The van der Waals surface area contributed by atoms with Crippen LogP contribution in [0.5, 0.6) is 0 Å². The Bertz CT molecular complexity index is 623. The van der Waals surface area contributed by atoms with Crippen molar-refractivity contribution >= 4 is 8.25 Å². The van der Waals surface area contributed by atoms with Crippen LogP contribution in [-0.2, 0) is 26.8 Å². The Morgan fingerprint density at radius 2 is 1.18 bits per heavy atom. The van der Waals surface area contributed by atoms with E-state index in [1.165, 1.54) is 22.3 Å². The molecule has 0 N–H and O–H groups in total. The molecule has 0 atom stereocenters. The predicted molar refractivity (Wildman–Crippen MR) is 90.4 cm³/mol. The van der Waals surface area contributed by atoms with Gasteiger partial charge in [-0.2, -0.15) is 0 Å². The first-order valence-corrected chi connectivity index (χ1v) is 8.61. The van der Waals surface area contributed by atoms with Gasteiger partial charge in [-0.05, 0) is 61.1 Å². The second kappa shape index (κ2) is 7.73. The predicted octanol–water partition coefficient (Wildman–Crippen LogP) is 5.04. The van der Waals surface area contributed by atoms with Crippen molar-refractivity contribution in [2.75, 3.05) is 0 Å². The molecule has 2 aromatic carbocycles. The molecule has 0 bridgehead atoms. The van der Waals surface area contributed by atoms with Crippen molar-refractivity contribution in [2.45, 2.75) is 40.9 Å². The minimum absolute atomic E-state index is 0.318. The van der Waals surface area contributed by atoms with Gasteiger partial charge < -0.3 is 9.05 Å². The van der Waals surface area contributed by atoms with Gasteiger partial charge in [0.15, 0.2) is 0 Å². The molecule has 0 aliphatic heterocycles. The molecule has 0 aromatic heterocycles. The number of aryl methyl sites for hydroxylation is 2. The summed E-state index contributed by atoms with van der Waals surface area (Å²) in [6.45, 7) is 8.83. The summed E-state index contributed by atoms with van der Waals surface area (Å²) < 4.78 is 22.7. The van der Waals surface area contributed by atoms with Gasteiger partial charge in [0.05, 0.1) is 13.2 Å². The van der Waals surface area contributed by atoms with Crippen molar-refractivity contribution in [1.82, 2.24) is 0 Å². The summed E-state index contributed by atoms with van der Waals surface area (Å²) in [6, 6.07) is 12.0. The fourth-order valence-electron chi connectivity index (χ4n) is 2.25. The van der Waals surface area contributed by atoms with Crippen LogP contribution < -0.4 is 0 Å². The zero-order valence-corrected chi connectivity index (χ0v) is 14.6. The Balaban J connectivity index is 1.88. The van der Waals surface area contributed by atoms with Gasteiger partial charge in [-0.3, -0.25) is 4.57 Å². The van der Waals surface area contributed by atoms with Crippen molar-refractivity contribution in [3.63, 3.8) is 0 Å². The molecule has 0 aliphatic rings. The van der Waals surface area contributed by atoms with E-state index in [0.717, 1.165) is 11.1 Å². The van der Waals surface area contributed by atoms with E-state index in [4.69, 9.17) is 9.05 Å². The summed E-state index contributed by atoms with van der Waals surface area (Å²) in [7, 11) is -2.49.